The molecule has 0 radical (unpaired) electrons. The Morgan fingerprint density at radius 1 is 1.24 bits per heavy atom. The highest BCUT2D eigenvalue weighted by Gasteiger charge is 2.13. The van der Waals surface area contributed by atoms with Crippen molar-refractivity contribution in [2.45, 2.75) is 6.54 Å². The zero-order valence-corrected chi connectivity index (χ0v) is 13.2. The van der Waals surface area contributed by atoms with Crippen molar-refractivity contribution in [3.63, 3.8) is 0 Å². The number of hydrogen-bond donors (Lipinski definition) is 1. The van der Waals surface area contributed by atoms with Crippen LogP contribution in [0.25, 0.3) is 17.3 Å². The van der Waals surface area contributed by atoms with Crippen LogP contribution in [-0.2, 0) is 11.3 Å². The molecule has 0 saturated heterocycles. The van der Waals surface area contributed by atoms with E-state index in [-0.39, 0.29) is 5.57 Å². The van der Waals surface area contributed by atoms with Crippen molar-refractivity contribution < 1.29 is 9.90 Å². The second-order valence-corrected chi connectivity index (χ2v) is 5.33. The molecule has 3 rings (SSSR count). The van der Waals surface area contributed by atoms with E-state index in [1.54, 1.807) is 35.4 Å². The van der Waals surface area contributed by atoms with Gasteiger partial charge in [-0.25, -0.2) is 4.79 Å². The number of nitrogens with zero attached hydrogens (tertiary/aromatic N) is 4. The van der Waals surface area contributed by atoms with Gasteiger partial charge in [-0.15, -0.1) is 0 Å². The summed E-state index contributed by atoms with van der Waals surface area (Å²) in [6.45, 7) is 0.539. The van der Waals surface area contributed by atoms with Crippen LogP contribution in [0.4, 0.5) is 0 Å². The first-order valence-corrected chi connectivity index (χ1v) is 7.54. The quantitative estimate of drug-likeness (QED) is 0.573. The largest absolute Gasteiger partial charge is 0.477 e. The fraction of sp³-hybridized carbons (Fsp3) is 0.0526. The van der Waals surface area contributed by atoms with Crippen LogP contribution >= 0.6 is 0 Å². The molecule has 0 saturated carbocycles. The van der Waals surface area contributed by atoms with E-state index < -0.39 is 5.97 Å². The molecule has 0 fully saturated rings. The molecule has 0 bridgehead atoms. The minimum absolute atomic E-state index is 0.343. The summed E-state index contributed by atoms with van der Waals surface area (Å²) >= 11 is 0. The minimum atomic E-state index is -1.27. The number of hydrogen-bond acceptors (Lipinski definition) is 4. The zero-order chi connectivity index (χ0) is 17.6. The molecule has 6 heteroatoms. The lowest BCUT2D eigenvalue weighted by Gasteiger charge is -2.01. The summed E-state index contributed by atoms with van der Waals surface area (Å²) in [4.78, 5) is 15.2. The van der Waals surface area contributed by atoms with Crippen LogP contribution in [0.5, 0.6) is 0 Å². The average Bonchev–Trinajstić information content (AvgIpc) is 3.03. The normalized spacial score (nSPS) is 11.1. The second kappa shape index (κ2) is 7.23. The van der Waals surface area contributed by atoms with Crippen LogP contribution in [0, 0.1) is 11.3 Å². The fourth-order valence-corrected chi connectivity index (χ4v) is 2.42. The van der Waals surface area contributed by atoms with Gasteiger partial charge in [0, 0.05) is 29.7 Å². The Balaban J connectivity index is 2.06. The Bertz CT molecular complexity index is 954. The Labute approximate surface area is 144 Å². The van der Waals surface area contributed by atoms with Gasteiger partial charge in [-0.1, -0.05) is 30.3 Å². The summed E-state index contributed by atoms with van der Waals surface area (Å²) < 4.78 is 1.72. The number of benzene rings is 1. The van der Waals surface area contributed by atoms with Gasteiger partial charge in [-0.05, 0) is 23.8 Å². The SMILES string of the molecule is N#C/C(=C\c1cn(Cc2ccccc2)nc1-c1cccnc1)C(=O)O. The Morgan fingerprint density at radius 3 is 2.68 bits per heavy atom. The van der Waals surface area contributed by atoms with Gasteiger partial charge in [-0.3, -0.25) is 9.67 Å². The smallest absolute Gasteiger partial charge is 0.346 e. The summed E-state index contributed by atoms with van der Waals surface area (Å²) in [6.07, 6.45) is 6.37. The van der Waals surface area contributed by atoms with Crippen molar-refractivity contribution in [2.75, 3.05) is 0 Å². The molecule has 2 aromatic heterocycles. The Kier molecular flexibility index (Phi) is 4.67. The van der Waals surface area contributed by atoms with Gasteiger partial charge in [0.15, 0.2) is 0 Å². The van der Waals surface area contributed by atoms with E-state index in [9.17, 15) is 4.79 Å². The molecule has 122 valence electrons. The minimum Gasteiger partial charge on any atom is -0.477 e. The van der Waals surface area contributed by atoms with E-state index in [0.717, 1.165) is 11.1 Å². The number of pyridine rings is 1. The monoisotopic (exact) mass is 330 g/mol. The van der Waals surface area contributed by atoms with Crippen LogP contribution in [0.2, 0.25) is 0 Å². The van der Waals surface area contributed by atoms with E-state index in [4.69, 9.17) is 10.4 Å². The number of rotatable bonds is 5. The molecular weight excluding hydrogens is 316 g/mol. The summed E-state index contributed by atoms with van der Waals surface area (Å²) in [5.41, 5.74) is 2.62. The number of aliphatic carboxylic acids is 1. The lowest BCUT2D eigenvalue weighted by molar-refractivity contribution is -0.132. The molecule has 0 aliphatic carbocycles. The first kappa shape index (κ1) is 16.1. The molecular formula is C19H14N4O2. The van der Waals surface area contributed by atoms with Crippen LogP contribution in [0.15, 0.2) is 66.6 Å². The molecule has 0 amide bonds. The van der Waals surface area contributed by atoms with Gasteiger partial charge in [0.1, 0.15) is 17.3 Å². The second-order valence-electron chi connectivity index (χ2n) is 5.33. The molecule has 25 heavy (non-hydrogen) atoms. The molecule has 0 aliphatic rings. The highest BCUT2D eigenvalue weighted by molar-refractivity contribution is 5.97. The third-order valence-electron chi connectivity index (χ3n) is 3.56. The van der Waals surface area contributed by atoms with E-state index >= 15 is 0 Å². The standard InChI is InChI=1S/C19H14N4O2/c20-10-16(19(24)25)9-17-13-23(12-14-5-2-1-3-6-14)22-18(17)15-7-4-8-21-11-15/h1-9,11,13H,12H2,(H,24,25)/b16-9+. The molecule has 0 unspecified atom stereocenters. The predicted molar refractivity (Wildman–Crippen MR) is 92.2 cm³/mol. The summed E-state index contributed by atoms with van der Waals surface area (Å²) in [5, 5.41) is 22.7. The van der Waals surface area contributed by atoms with E-state index in [0.29, 0.717) is 17.8 Å². The summed E-state index contributed by atoms with van der Waals surface area (Å²) in [6, 6.07) is 15.1. The van der Waals surface area contributed by atoms with Crippen molar-refractivity contribution in [1.29, 1.82) is 5.26 Å². The third-order valence-corrected chi connectivity index (χ3v) is 3.56. The van der Waals surface area contributed by atoms with Crippen molar-refractivity contribution >= 4 is 12.0 Å². The molecule has 0 aliphatic heterocycles. The molecule has 2 heterocycles. The lowest BCUT2D eigenvalue weighted by Crippen LogP contribution is -2.00. The maximum absolute atomic E-state index is 11.2. The Hall–Kier alpha value is -3.72. The first-order chi connectivity index (χ1) is 12.2. The average molecular weight is 330 g/mol. The zero-order valence-electron chi connectivity index (χ0n) is 13.2. The highest BCUT2D eigenvalue weighted by Crippen LogP contribution is 2.24. The highest BCUT2D eigenvalue weighted by atomic mass is 16.4. The van der Waals surface area contributed by atoms with E-state index in [1.807, 2.05) is 36.4 Å². The van der Waals surface area contributed by atoms with Gasteiger partial charge >= 0.3 is 5.97 Å². The lowest BCUT2D eigenvalue weighted by atomic mass is 10.1. The number of carboxylic acids is 1. The van der Waals surface area contributed by atoms with Crippen molar-refractivity contribution in [3.05, 3.63) is 77.8 Å². The molecule has 6 nitrogen and oxygen atoms in total. The van der Waals surface area contributed by atoms with Crippen LogP contribution in [0.1, 0.15) is 11.1 Å². The van der Waals surface area contributed by atoms with Gasteiger partial charge in [0.25, 0.3) is 0 Å². The van der Waals surface area contributed by atoms with Gasteiger partial charge in [0.2, 0.25) is 0 Å². The number of aromatic nitrogens is 3. The van der Waals surface area contributed by atoms with Crippen molar-refractivity contribution in [1.82, 2.24) is 14.8 Å². The van der Waals surface area contributed by atoms with Crippen molar-refractivity contribution in [3.8, 4) is 17.3 Å². The third kappa shape index (κ3) is 3.79. The summed E-state index contributed by atoms with van der Waals surface area (Å²) in [5.74, 6) is -1.27. The first-order valence-electron chi connectivity index (χ1n) is 7.54. The van der Waals surface area contributed by atoms with E-state index in [2.05, 4.69) is 10.1 Å². The number of nitriles is 1. The Morgan fingerprint density at radius 2 is 2.04 bits per heavy atom. The number of carbonyl (C=O) groups is 1. The predicted octanol–water partition coefficient (Wildman–Crippen LogP) is 2.98. The van der Waals surface area contributed by atoms with Crippen LogP contribution < -0.4 is 0 Å². The van der Waals surface area contributed by atoms with Gasteiger partial charge in [0.05, 0.1) is 6.54 Å². The van der Waals surface area contributed by atoms with Crippen LogP contribution in [0.3, 0.4) is 0 Å². The molecule has 1 N–H and O–H groups in total. The molecule has 1 aromatic carbocycles. The molecule has 3 aromatic rings. The maximum Gasteiger partial charge on any atom is 0.346 e. The molecule has 0 atom stereocenters. The van der Waals surface area contributed by atoms with Crippen molar-refractivity contribution in [2.24, 2.45) is 0 Å². The van der Waals surface area contributed by atoms with Crippen LogP contribution in [-0.4, -0.2) is 25.8 Å². The van der Waals surface area contributed by atoms with Gasteiger partial charge in [-0.2, -0.15) is 10.4 Å². The summed E-state index contributed by atoms with van der Waals surface area (Å²) in [7, 11) is 0. The van der Waals surface area contributed by atoms with Gasteiger partial charge < -0.3 is 5.11 Å². The maximum atomic E-state index is 11.2. The fourth-order valence-electron chi connectivity index (χ4n) is 2.42. The topological polar surface area (TPSA) is 91.8 Å². The molecule has 0 spiro atoms. The van der Waals surface area contributed by atoms with E-state index in [1.165, 1.54) is 6.08 Å². The number of carboxylic acid groups (broad SMARTS) is 1.